The number of carbonyl (C=O) groups is 2. The highest BCUT2D eigenvalue weighted by atomic mass is 16.4. The minimum absolute atomic E-state index is 0.0219. The predicted molar refractivity (Wildman–Crippen MR) is 70.0 cm³/mol. The number of aromatic nitrogens is 1. The number of pyridine rings is 1. The minimum Gasteiger partial charge on any atom is -0.480 e. The Morgan fingerprint density at radius 3 is 2.60 bits per heavy atom. The Morgan fingerprint density at radius 2 is 2.15 bits per heavy atom. The average molecular weight is 273 g/mol. The van der Waals surface area contributed by atoms with Gasteiger partial charge in [0.05, 0.1) is 11.3 Å². The molecule has 2 rings (SSSR count). The first-order valence-corrected chi connectivity index (χ1v) is 6.39. The van der Waals surface area contributed by atoms with Crippen molar-refractivity contribution >= 4 is 11.9 Å². The zero-order valence-electron chi connectivity index (χ0n) is 11.3. The SMILES string of the molecule is Cc1nc(C(=O)N(C2CC2)C(C)C(=O)O)ccc1C#N. The summed E-state index contributed by atoms with van der Waals surface area (Å²) < 4.78 is 0. The molecule has 0 bridgehead atoms. The van der Waals surface area contributed by atoms with E-state index in [0.717, 1.165) is 12.8 Å². The topological polar surface area (TPSA) is 94.3 Å². The maximum absolute atomic E-state index is 12.4. The molecule has 1 aromatic heterocycles. The standard InChI is InChI=1S/C14H15N3O3/c1-8-10(7-15)3-6-12(16-8)13(18)17(11-4-5-11)9(2)14(19)20/h3,6,9,11H,4-5H2,1-2H3,(H,19,20). The van der Waals surface area contributed by atoms with Gasteiger partial charge in [-0.1, -0.05) is 0 Å². The van der Waals surface area contributed by atoms with Crippen molar-refractivity contribution in [3.05, 3.63) is 29.1 Å². The first-order valence-electron chi connectivity index (χ1n) is 6.39. The number of rotatable bonds is 4. The number of aliphatic carboxylic acids is 1. The molecule has 1 atom stereocenters. The fraction of sp³-hybridized carbons (Fsp3) is 0.429. The van der Waals surface area contributed by atoms with Gasteiger partial charge in [-0.3, -0.25) is 4.79 Å². The lowest BCUT2D eigenvalue weighted by Crippen LogP contribution is -2.45. The smallest absolute Gasteiger partial charge is 0.326 e. The molecule has 0 aliphatic heterocycles. The van der Waals surface area contributed by atoms with E-state index in [1.165, 1.54) is 24.0 Å². The van der Waals surface area contributed by atoms with Gasteiger partial charge in [0.25, 0.3) is 5.91 Å². The van der Waals surface area contributed by atoms with Crippen LogP contribution < -0.4 is 0 Å². The number of carboxylic acid groups (broad SMARTS) is 1. The molecule has 6 heteroatoms. The van der Waals surface area contributed by atoms with Crippen LogP contribution in [0.4, 0.5) is 0 Å². The molecule has 0 spiro atoms. The van der Waals surface area contributed by atoms with Crippen LogP contribution in [0.2, 0.25) is 0 Å². The lowest BCUT2D eigenvalue weighted by atomic mass is 10.1. The molecule has 1 aromatic rings. The molecule has 20 heavy (non-hydrogen) atoms. The number of hydrogen-bond donors (Lipinski definition) is 1. The van der Waals surface area contributed by atoms with Gasteiger partial charge in [0, 0.05) is 6.04 Å². The normalized spacial score (nSPS) is 15.2. The third-order valence-corrected chi connectivity index (χ3v) is 3.37. The number of hydrogen-bond acceptors (Lipinski definition) is 4. The zero-order valence-corrected chi connectivity index (χ0v) is 11.3. The van der Waals surface area contributed by atoms with Crippen LogP contribution in [0.15, 0.2) is 12.1 Å². The van der Waals surface area contributed by atoms with Crippen molar-refractivity contribution in [3.63, 3.8) is 0 Å². The van der Waals surface area contributed by atoms with E-state index < -0.39 is 17.9 Å². The molecule has 0 aromatic carbocycles. The molecule has 1 unspecified atom stereocenters. The van der Waals surface area contributed by atoms with Gasteiger partial charge in [0.1, 0.15) is 17.8 Å². The molecule has 1 amide bonds. The summed E-state index contributed by atoms with van der Waals surface area (Å²) in [5.41, 5.74) is 1.06. The van der Waals surface area contributed by atoms with Crippen molar-refractivity contribution in [2.24, 2.45) is 0 Å². The van der Waals surface area contributed by atoms with Crippen LogP contribution in [0.3, 0.4) is 0 Å². The summed E-state index contributed by atoms with van der Waals surface area (Å²) >= 11 is 0. The quantitative estimate of drug-likeness (QED) is 0.893. The Balaban J connectivity index is 2.31. The van der Waals surface area contributed by atoms with E-state index in [-0.39, 0.29) is 11.7 Å². The average Bonchev–Trinajstić information content (AvgIpc) is 3.23. The fourth-order valence-electron chi connectivity index (χ4n) is 2.06. The molecule has 104 valence electrons. The molecule has 1 fully saturated rings. The second-order valence-electron chi connectivity index (χ2n) is 4.90. The van der Waals surface area contributed by atoms with E-state index in [1.807, 2.05) is 6.07 Å². The predicted octanol–water partition coefficient (Wildman–Crippen LogP) is 1.34. The molecule has 0 saturated heterocycles. The summed E-state index contributed by atoms with van der Waals surface area (Å²) in [6, 6.07) is 4.09. The van der Waals surface area contributed by atoms with E-state index in [1.54, 1.807) is 6.92 Å². The molecule has 1 aliphatic rings. The fourth-order valence-corrected chi connectivity index (χ4v) is 2.06. The second-order valence-corrected chi connectivity index (χ2v) is 4.90. The van der Waals surface area contributed by atoms with E-state index in [2.05, 4.69) is 4.98 Å². The highest BCUT2D eigenvalue weighted by Crippen LogP contribution is 2.30. The number of amides is 1. The maximum atomic E-state index is 12.4. The third-order valence-electron chi connectivity index (χ3n) is 3.37. The Labute approximate surface area is 116 Å². The molecule has 1 N–H and O–H groups in total. The van der Waals surface area contributed by atoms with Crippen LogP contribution in [0.5, 0.6) is 0 Å². The van der Waals surface area contributed by atoms with E-state index in [0.29, 0.717) is 11.3 Å². The third kappa shape index (κ3) is 2.62. The van der Waals surface area contributed by atoms with Crippen LogP contribution >= 0.6 is 0 Å². The second kappa shape index (κ2) is 5.29. The van der Waals surface area contributed by atoms with E-state index >= 15 is 0 Å². The Bertz CT molecular complexity index is 602. The van der Waals surface area contributed by atoms with Crippen LogP contribution in [-0.4, -0.2) is 39.0 Å². The highest BCUT2D eigenvalue weighted by molar-refractivity contribution is 5.95. The van der Waals surface area contributed by atoms with Crippen LogP contribution in [0.1, 0.15) is 41.5 Å². The van der Waals surface area contributed by atoms with Gasteiger partial charge in [0.2, 0.25) is 0 Å². The monoisotopic (exact) mass is 273 g/mol. The zero-order chi connectivity index (χ0) is 14.9. The van der Waals surface area contributed by atoms with Crippen molar-refractivity contribution in [3.8, 4) is 6.07 Å². The Morgan fingerprint density at radius 1 is 1.50 bits per heavy atom. The number of carbonyl (C=O) groups excluding carboxylic acids is 1. The van der Waals surface area contributed by atoms with Crippen molar-refractivity contribution in [1.29, 1.82) is 5.26 Å². The number of nitriles is 1. The van der Waals surface area contributed by atoms with Crippen molar-refractivity contribution in [1.82, 2.24) is 9.88 Å². The largest absolute Gasteiger partial charge is 0.480 e. The molecule has 1 aliphatic carbocycles. The summed E-state index contributed by atoms with van der Waals surface area (Å²) in [6.45, 7) is 3.15. The minimum atomic E-state index is -1.03. The molecule has 1 heterocycles. The van der Waals surface area contributed by atoms with Crippen LogP contribution in [0, 0.1) is 18.3 Å². The van der Waals surface area contributed by atoms with E-state index in [9.17, 15) is 9.59 Å². The molecule has 1 saturated carbocycles. The number of aryl methyl sites for hydroxylation is 1. The van der Waals surface area contributed by atoms with Crippen molar-refractivity contribution in [2.45, 2.75) is 38.8 Å². The van der Waals surface area contributed by atoms with Gasteiger partial charge in [0.15, 0.2) is 0 Å². The first-order chi connectivity index (χ1) is 9.45. The van der Waals surface area contributed by atoms with Crippen LogP contribution in [0.25, 0.3) is 0 Å². The Hall–Kier alpha value is -2.42. The summed E-state index contributed by atoms with van der Waals surface area (Å²) in [5, 5.41) is 18.0. The Kier molecular flexibility index (Phi) is 3.70. The van der Waals surface area contributed by atoms with Crippen molar-refractivity contribution < 1.29 is 14.7 Å². The van der Waals surface area contributed by atoms with E-state index in [4.69, 9.17) is 10.4 Å². The molecule has 6 nitrogen and oxygen atoms in total. The lowest BCUT2D eigenvalue weighted by Gasteiger charge is -2.26. The molecular weight excluding hydrogens is 258 g/mol. The number of carboxylic acids is 1. The molecular formula is C14H15N3O3. The number of nitrogens with zero attached hydrogens (tertiary/aromatic N) is 3. The van der Waals surface area contributed by atoms with Gasteiger partial charge in [-0.25, -0.2) is 9.78 Å². The summed E-state index contributed by atoms with van der Waals surface area (Å²) in [5.74, 6) is -1.43. The summed E-state index contributed by atoms with van der Waals surface area (Å²) in [6.07, 6.45) is 1.64. The highest BCUT2D eigenvalue weighted by Gasteiger charge is 2.39. The van der Waals surface area contributed by atoms with Gasteiger partial charge in [-0.05, 0) is 38.8 Å². The lowest BCUT2D eigenvalue weighted by molar-refractivity contribution is -0.141. The van der Waals surface area contributed by atoms with Gasteiger partial charge >= 0.3 is 5.97 Å². The van der Waals surface area contributed by atoms with Gasteiger partial charge in [-0.15, -0.1) is 0 Å². The maximum Gasteiger partial charge on any atom is 0.326 e. The molecule has 0 radical (unpaired) electrons. The van der Waals surface area contributed by atoms with Crippen molar-refractivity contribution in [2.75, 3.05) is 0 Å². The first kappa shape index (κ1) is 14.0. The summed E-state index contributed by atoms with van der Waals surface area (Å²) in [7, 11) is 0. The van der Waals surface area contributed by atoms with Crippen LogP contribution in [-0.2, 0) is 4.79 Å². The van der Waals surface area contributed by atoms with Gasteiger partial charge < -0.3 is 10.0 Å². The van der Waals surface area contributed by atoms with Gasteiger partial charge in [-0.2, -0.15) is 5.26 Å². The summed E-state index contributed by atoms with van der Waals surface area (Å²) in [4.78, 5) is 29.0.